The van der Waals surface area contributed by atoms with Crippen LogP contribution in [0.25, 0.3) is 10.9 Å². The van der Waals surface area contributed by atoms with Crippen molar-refractivity contribution in [1.82, 2.24) is 14.9 Å². The second-order valence-corrected chi connectivity index (χ2v) is 7.41. The van der Waals surface area contributed by atoms with Gasteiger partial charge in [-0.2, -0.15) is 0 Å². The van der Waals surface area contributed by atoms with Crippen molar-refractivity contribution < 1.29 is 14.7 Å². The van der Waals surface area contributed by atoms with Gasteiger partial charge in [0.2, 0.25) is 11.8 Å². The first-order valence-corrected chi connectivity index (χ1v) is 8.16. The van der Waals surface area contributed by atoms with E-state index in [4.69, 9.17) is 0 Å². The average Bonchev–Trinajstić information content (AvgIpc) is 2.60. The van der Waals surface area contributed by atoms with Crippen molar-refractivity contribution in [2.75, 3.05) is 0 Å². The molecule has 0 radical (unpaired) electrons. The monoisotopic (exact) mass is 337 g/mol. The highest BCUT2D eigenvalue weighted by atomic mass is 16.3. The zero-order valence-corrected chi connectivity index (χ0v) is 14.7. The molecule has 10 heteroatoms. The first kappa shape index (κ1) is 17.3. The number of phenols is 1. The van der Waals surface area contributed by atoms with Crippen molar-refractivity contribution >= 4 is 46.3 Å². The Bertz CT molecular complexity index is 972. The van der Waals surface area contributed by atoms with Gasteiger partial charge in [0, 0.05) is 0 Å². The highest BCUT2D eigenvalue weighted by Gasteiger charge is 2.45. The number of imide groups is 1. The zero-order chi connectivity index (χ0) is 18.6. The molecule has 1 aromatic carbocycles. The Morgan fingerprint density at radius 3 is 2.52 bits per heavy atom. The normalized spacial score (nSPS) is 23.2. The Balaban J connectivity index is 2.26. The summed E-state index contributed by atoms with van der Waals surface area (Å²) in [6, 6.07) is 4.58. The van der Waals surface area contributed by atoms with Gasteiger partial charge in [-0.15, -0.1) is 0 Å². The minimum Gasteiger partial charge on any atom is -0.506 e. The minimum absolute atomic E-state index is 0.0865. The lowest BCUT2D eigenvalue weighted by atomic mass is 9.51. The average molecular weight is 337 g/mol. The molecule has 2 amide bonds. The number of aryl methyl sites for hydroxylation is 1. The molecule has 2 heterocycles. The molecule has 1 aromatic heterocycles. The number of nitrogens with zero attached hydrogens (tertiary/aromatic N) is 2. The lowest BCUT2D eigenvalue weighted by Gasteiger charge is -2.30. The number of amides is 2. The third-order valence-corrected chi connectivity index (χ3v) is 5.11. The van der Waals surface area contributed by atoms with Gasteiger partial charge in [0.15, 0.2) is 0 Å². The van der Waals surface area contributed by atoms with E-state index in [2.05, 4.69) is 10.3 Å². The molecule has 2 aromatic rings. The third-order valence-electron chi connectivity index (χ3n) is 5.11. The maximum atomic E-state index is 13.1. The number of rotatable bonds is 1. The molecule has 25 heavy (non-hydrogen) atoms. The fourth-order valence-electron chi connectivity index (χ4n) is 3.29. The molecule has 0 spiro atoms. The molecule has 1 aliphatic heterocycles. The Hall–Kier alpha value is -2.51. The van der Waals surface area contributed by atoms with Crippen LogP contribution in [-0.2, 0) is 15.0 Å². The molecular formula is C15H18B3N3O4. The first-order valence-electron chi connectivity index (χ1n) is 8.16. The van der Waals surface area contributed by atoms with E-state index in [9.17, 15) is 19.5 Å². The highest BCUT2D eigenvalue weighted by Crippen LogP contribution is 2.34. The van der Waals surface area contributed by atoms with E-state index in [-0.39, 0.29) is 22.6 Å². The lowest BCUT2D eigenvalue weighted by Crippen LogP contribution is -2.54. The van der Waals surface area contributed by atoms with E-state index in [0.29, 0.717) is 18.7 Å². The van der Waals surface area contributed by atoms with Crippen LogP contribution in [0.2, 0.25) is 5.21 Å². The van der Waals surface area contributed by atoms with Crippen molar-refractivity contribution in [3.8, 4) is 5.75 Å². The Kier molecular flexibility index (Phi) is 3.81. The van der Waals surface area contributed by atoms with Gasteiger partial charge >= 0.3 is 0 Å². The van der Waals surface area contributed by atoms with Crippen LogP contribution in [0.5, 0.6) is 5.75 Å². The molecule has 7 nitrogen and oxygen atoms in total. The highest BCUT2D eigenvalue weighted by molar-refractivity contribution is 6.52. The summed E-state index contributed by atoms with van der Waals surface area (Å²) in [5.41, 5.74) is -1.45. The number of aromatic hydroxyl groups is 1. The fraction of sp³-hybridized carbons (Fsp3) is 0.333. The standard InChI is InChI=1S/C15H18B3N3O4/c1-7-19-10-8(3-2-4-9(10)22)11(23)21(7)15(18)6-5-14(16,17)12(24)20-13(15)25/h2-4,22H,5-6,16-18H2,1H3,(H,20,24,25)/t15-/m1/s1. The predicted molar refractivity (Wildman–Crippen MR) is 101 cm³/mol. The molecule has 1 saturated heterocycles. The molecule has 1 fully saturated rings. The number of carbonyl (C=O) groups is 2. The lowest BCUT2D eigenvalue weighted by molar-refractivity contribution is -0.132. The number of phenolic OH excluding ortho intramolecular Hbond substituents is 1. The van der Waals surface area contributed by atoms with E-state index in [1.54, 1.807) is 42.6 Å². The third kappa shape index (κ3) is 2.56. The molecule has 0 unspecified atom stereocenters. The van der Waals surface area contributed by atoms with Crippen LogP contribution in [0, 0.1) is 6.92 Å². The van der Waals surface area contributed by atoms with Crippen LogP contribution >= 0.6 is 0 Å². The number of fused-ring (bicyclic) bond motifs is 1. The van der Waals surface area contributed by atoms with Crippen molar-refractivity contribution in [3.63, 3.8) is 0 Å². The molecule has 0 aliphatic carbocycles. The number of para-hydroxylation sites is 1. The molecule has 2 N–H and O–H groups in total. The summed E-state index contributed by atoms with van der Waals surface area (Å²) in [6.07, 6.45) is 0.773. The first-order chi connectivity index (χ1) is 11.6. The number of hydrogen-bond acceptors (Lipinski definition) is 5. The maximum Gasteiger partial charge on any atom is 0.261 e. The second kappa shape index (κ2) is 5.51. The summed E-state index contributed by atoms with van der Waals surface area (Å²) in [7, 11) is 5.18. The molecule has 3 rings (SSSR count). The van der Waals surface area contributed by atoms with Crippen LogP contribution in [0.1, 0.15) is 18.7 Å². The van der Waals surface area contributed by atoms with Gasteiger partial charge in [-0.25, -0.2) is 4.98 Å². The van der Waals surface area contributed by atoms with Crippen molar-refractivity contribution in [2.45, 2.75) is 30.4 Å². The summed E-state index contributed by atoms with van der Waals surface area (Å²) >= 11 is 0. The summed E-state index contributed by atoms with van der Waals surface area (Å²) in [4.78, 5) is 42.4. The number of carbonyl (C=O) groups excluding carboxylic acids is 2. The SMILES string of the molecule is BC1(B)CC[C@@](B)(n2c(C)nc3c(O)cccc3c2=O)C(=O)NC1=O. The van der Waals surface area contributed by atoms with Crippen LogP contribution in [0.4, 0.5) is 0 Å². The fourth-order valence-corrected chi connectivity index (χ4v) is 3.29. The summed E-state index contributed by atoms with van der Waals surface area (Å²) < 4.78 is 1.33. The van der Waals surface area contributed by atoms with E-state index >= 15 is 0 Å². The van der Waals surface area contributed by atoms with Crippen molar-refractivity contribution in [3.05, 3.63) is 34.4 Å². The zero-order valence-electron chi connectivity index (χ0n) is 14.7. The molecule has 1 atom stereocenters. The van der Waals surface area contributed by atoms with Gasteiger partial charge in [-0.05, 0) is 30.7 Å². The van der Waals surface area contributed by atoms with Gasteiger partial charge in [-0.1, -0.05) is 12.5 Å². The van der Waals surface area contributed by atoms with Gasteiger partial charge in [-0.3, -0.25) is 24.3 Å². The Morgan fingerprint density at radius 1 is 1.16 bits per heavy atom. The maximum absolute atomic E-state index is 13.1. The van der Waals surface area contributed by atoms with Crippen molar-refractivity contribution in [2.24, 2.45) is 0 Å². The van der Waals surface area contributed by atoms with Crippen LogP contribution < -0.4 is 10.9 Å². The predicted octanol–water partition coefficient (Wildman–Crippen LogP) is -2.48. The van der Waals surface area contributed by atoms with Crippen LogP contribution in [-0.4, -0.2) is 50.0 Å². The molecule has 0 bridgehead atoms. The van der Waals surface area contributed by atoms with Gasteiger partial charge in [0.1, 0.15) is 40.6 Å². The molecular weight excluding hydrogens is 319 g/mol. The molecule has 1 aliphatic rings. The second-order valence-electron chi connectivity index (χ2n) is 7.41. The molecule has 0 saturated carbocycles. The van der Waals surface area contributed by atoms with E-state index in [1.165, 1.54) is 10.6 Å². The number of aromatic nitrogens is 2. The quantitative estimate of drug-likeness (QED) is 0.443. The Labute approximate surface area is 147 Å². The summed E-state index contributed by atoms with van der Waals surface area (Å²) in [5, 5.41) is 11.9. The van der Waals surface area contributed by atoms with E-state index in [1.807, 2.05) is 0 Å². The largest absolute Gasteiger partial charge is 0.506 e. The van der Waals surface area contributed by atoms with Crippen LogP contribution in [0.3, 0.4) is 0 Å². The smallest absolute Gasteiger partial charge is 0.261 e. The van der Waals surface area contributed by atoms with E-state index in [0.717, 1.165) is 0 Å². The van der Waals surface area contributed by atoms with Gasteiger partial charge in [0.05, 0.1) is 10.8 Å². The number of nitrogens with one attached hydrogen (secondary N) is 1. The number of hydrogen-bond donors (Lipinski definition) is 2. The summed E-state index contributed by atoms with van der Waals surface area (Å²) in [6.45, 7) is 1.61. The number of benzene rings is 1. The topological polar surface area (TPSA) is 101 Å². The molecule has 126 valence electrons. The minimum atomic E-state index is -1.24. The van der Waals surface area contributed by atoms with E-state index < -0.39 is 22.1 Å². The van der Waals surface area contributed by atoms with Crippen molar-refractivity contribution in [1.29, 1.82) is 0 Å². The van der Waals surface area contributed by atoms with Gasteiger partial charge < -0.3 is 5.11 Å². The van der Waals surface area contributed by atoms with Gasteiger partial charge in [0.25, 0.3) is 5.56 Å². The van der Waals surface area contributed by atoms with Crippen LogP contribution in [0.15, 0.2) is 23.0 Å². The summed E-state index contributed by atoms with van der Waals surface area (Å²) in [5.74, 6) is -0.645. The Morgan fingerprint density at radius 2 is 1.84 bits per heavy atom.